The van der Waals surface area contributed by atoms with Gasteiger partial charge in [-0.25, -0.2) is 4.79 Å². The van der Waals surface area contributed by atoms with Crippen LogP contribution in [0.1, 0.15) is 56.7 Å². The molecule has 0 spiro atoms. The van der Waals surface area contributed by atoms with Crippen molar-refractivity contribution in [2.24, 2.45) is 0 Å². The summed E-state index contributed by atoms with van der Waals surface area (Å²) in [5, 5.41) is 15.2. The van der Waals surface area contributed by atoms with Crippen LogP contribution in [0, 0.1) is 0 Å². The van der Waals surface area contributed by atoms with Gasteiger partial charge in [-0.3, -0.25) is 0 Å². The third kappa shape index (κ3) is 3.97. The SMILES string of the molecule is CCC(C)(CCO)NC(=O)NC1CCCc2ccccc21. The molecule has 1 aliphatic rings. The smallest absolute Gasteiger partial charge is 0.315 e. The Labute approximate surface area is 126 Å². The van der Waals surface area contributed by atoms with Gasteiger partial charge in [0.05, 0.1) is 6.04 Å². The lowest BCUT2D eigenvalue weighted by Gasteiger charge is -2.32. The zero-order valence-electron chi connectivity index (χ0n) is 13.0. The van der Waals surface area contributed by atoms with Gasteiger partial charge >= 0.3 is 6.03 Å². The number of aliphatic hydroxyl groups is 1. The second-order valence-electron chi connectivity index (χ2n) is 6.13. The minimum atomic E-state index is -0.354. The summed E-state index contributed by atoms with van der Waals surface area (Å²) in [6, 6.07) is 8.27. The lowest BCUT2D eigenvalue weighted by molar-refractivity contribution is 0.198. The van der Waals surface area contributed by atoms with E-state index in [1.54, 1.807) is 0 Å². The third-order valence-electron chi connectivity index (χ3n) is 4.53. The topological polar surface area (TPSA) is 61.4 Å². The lowest BCUT2D eigenvalue weighted by atomic mass is 9.88. The van der Waals surface area contributed by atoms with E-state index >= 15 is 0 Å². The molecule has 2 atom stereocenters. The number of hydrogen-bond acceptors (Lipinski definition) is 2. The van der Waals surface area contributed by atoms with Crippen LogP contribution in [-0.4, -0.2) is 23.3 Å². The molecule has 0 fully saturated rings. The molecule has 0 radical (unpaired) electrons. The first-order valence-corrected chi connectivity index (χ1v) is 7.85. The van der Waals surface area contributed by atoms with Gasteiger partial charge in [0.25, 0.3) is 0 Å². The van der Waals surface area contributed by atoms with Gasteiger partial charge in [0, 0.05) is 12.1 Å². The van der Waals surface area contributed by atoms with E-state index in [0.717, 1.165) is 25.7 Å². The van der Waals surface area contributed by atoms with E-state index in [1.807, 2.05) is 19.9 Å². The van der Waals surface area contributed by atoms with E-state index < -0.39 is 0 Å². The van der Waals surface area contributed by atoms with Crippen LogP contribution < -0.4 is 10.6 Å². The van der Waals surface area contributed by atoms with Crippen molar-refractivity contribution in [2.45, 2.75) is 57.5 Å². The molecular formula is C17H26N2O2. The molecule has 2 rings (SSSR count). The predicted octanol–water partition coefficient (Wildman–Crippen LogP) is 2.91. The van der Waals surface area contributed by atoms with E-state index in [-0.39, 0.29) is 24.2 Å². The molecule has 2 amide bonds. The summed E-state index contributed by atoms with van der Waals surface area (Å²) in [6.07, 6.45) is 4.53. The molecule has 116 valence electrons. The van der Waals surface area contributed by atoms with E-state index in [2.05, 4.69) is 28.8 Å². The summed E-state index contributed by atoms with van der Waals surface area (Å²) < 4.78 is 0. The van der Waals surface area contributed by atoms with E-state index in [1.165, 1.54) is 11.1 Å². The van der Waals surface area contributed by atoms with Crippen molar-refractivity contribution in [2.75, 3.05) is 6.61 Å². The van der Waals surface area contributed by atoms with E-state index in [0.29, 0.717) is 6.42 Å². The maximum atomic E-state index is 12.3. The number of aliphatic hydroxyl groups excluding tert-OH is 1. The Morgan fingerprint density at radius 1 is 1.43 bits per heavy atom. The Kier molecular flexibility index (Phi) is 5.23. The van der Waals surface area contributed by atoms with Crippen molar-refractivity contribution in [3.8, 4) is 0 Å². The highest BCUT2D eigenvalue weighted by Gasteiger charge is 2.26. The Balaban J connectivity index is 2.01. The summed E-state index contributed by atoms with van der Waals surface area (Å²) in [5.74, 6) is 0. The number of aryl methyl sites for hydroxylation is 1. The second-order valence-corrected chi connectivity index (χ2v) is 6.13. The number of carbonyl (C=O) groups excluding carboxylic acids is 1. The molecule has 0 bridgehead atoms. The van der Waals surface area contributed by atoms with Crippen molar-refractivity contribution in [1.82, 2.24) is 10.6 Å². The molecule has 4 heteroatoms. The number of nitrogens with one attached hydrogen (secondary N) is 2. The molecule has 4 nitrogen and oxygen atoms in total. The molecule has 21 heavy (non-hydrogen) atoms. The molecule has 1 aliphatic carbocycles. The summed E-state index contributed by atoms with van der Waals surface area (Å²) in [4.78, 5) is 12.3. The Hall–Kier alpha value is -1.55. The van der Waals surface area contributed by atoms with Crippen molar-refractivity contribution < 1.29 is 9.90 Å². The fourth-order valence-corrected chi connectivity index (χ4v) is 2.95. The largest absolute Gasteiger partial charge is 0.396 e. The number of rotatable bonds is 5. The molecule has 0 heterocycles. The Morgan fingerprint density at radius 2 is 2.19 bits per heavy atom. The van der Waals surface area contributed by atoms with Gasteiger partial charge in [-0.2, -0.15) is 0 Å². The number of amides is 2. The highest BCUT2D eigenvalue weighted by molar-refractivity contribution is 5.75. The molecule has 3 N–H and O–H groups in total. The van der Waals surface area contributed by atoms with Crippen molar-refractivity contribution in [1.29, 1.82) is 0 Å². The fourth-order valence-electron chi connectivity index (χ4n) is 2.95. The van der Waals surface area contributed by atoms with Crippen LogP contribution in [0.2, 0.25) is 0 Å². The van der Waals surface area contributed by atoms with Crippen LogP contribution in [0.25, 0.3) is 0 Å². The van der Waals surface area contributed by atoms with Gasteiger partial charge in [-0.05, 0) is 50.2 Å². The van der Waals surface area contributed by atoms with Crippen molar-refractivity contribution in [3.63, 3.8) is 0 Å². The van der Waals surface area contributed by atoms with Crippen molar-refractivity contribution in [3.05, 3.63) is 35.4 Å². The average molecular weight is 290 g/mol. The lowest BCUT2D eigenvalue weighted by Crippen LogP contribution is -2.51. The van der Waals surface area contributed by atoms with Gasteiger partial charge in [-0.15, -0.1) is 0 Å². The van der Waals surface area contributed by atoms with Gasteiger partial charge in [-0.1, -0.05) is 31.2 Å². The van der Waals surface area contributed by atoms with E-state index in [4.69, 9.17) is 5.11 Å². The number of benzene rings is 1. The van der Waals surface area contributed by atoms with Gasteiger partial charge in [0.15, 0.2) is 0 Å². The minimum Gasteiger partial charge on any atom is -0.396 e. The van der Waals surface area contributed by atoms with E-state index in [9.17, 15) is 4.79 Å². The minimum absolute atomic E-state index is 0.0802. The molecule has 0 aromatic heterocycles. The molecule has 0 saturated heterocycles. The molecule has 1 aromatic rings. The predicted molar refractivity (Wildman–Crippen MR) is 84.2 cm³/mol. The van der Waals surface area contributed by atoms with Crippen LogP contribution in [-0.2, 0) is 6.42 Å². The Bertz CT molecular complexity index is 489. The molecule has 1 aromatic carbocycles. The monoisotopic (exact) mass is 290 g/mol. The first kappa shape index (κ1) is 15.8. The summed E-state index contributed by atoms with van der Waals surface area (Å²) in [6.45, 7) is 4.07. The van der Waals surface area contributed by atoms with Crippen LogP contribution >= 0.6 is 0 Å². The van der Waals surface area contributed by atoms with Gasteiger partial charge < -0.3 is 15.7 Å². The molecule has 0 aliphatic heterocycles. The average Bonchev–Trinajstić information content (AvgIpc) is 2.48. The number of hydrogen-bond donors (Lipinski definition) is 3. The van der Waals surface area contributed by atoms with Crippen LogP contribution in [0.4, 0.5) is 4.79 Å². The first-order chi connectivity index (χ1) is 10.1. The summed E-state index contributed by atoms with van der Waals surface area (Å²) >= 11 is 0. The molecular weight excluding hydrogens is 264 g/mol. The maximum absolute atomic E-state index is 12.3. The number of fused-ring (bicyclic) bond motifs is 1. The van der Waals surface area contributed by atoms with Gasteiger partial charge in [0.2, 0.25) is 0 Å². The first-order valence-electron chi connectivity index (χ1n) is 7.85. The normalized spacial score (nSPS) is 20.2. The van der Waals surface area contributed by atoms with Crippen molar-refractivity contribution >= 4 is 6.03 Å². The molecule has 0 saturated carbocycles. The quantitative estimate of drug-likeness (QED) is 0.781. The molecule has 2 unspecified atom stereocenters. The zero-order chi connectivity index (χ0) is 15.3. The number of carbonyl (C=O) groups is 1. The maximum Gasteiger partial charge on any atom is 0.315 e. The fraction of sp³-hybridized carbons (Fsp3) is 0.588. The second kappa shape index (κ2) is 6.94. The number of urea groups is 1. The summed E-state index contributed by atoms with van der Waals surface area (Å²) in [7, 11) is 0. The van der Waals surface area contributed by atoms with Gasteiger partial charge in [0.1, 0.15) is 0 Å². The van der Waals surface area contributed by atoms with Crippen LogP contribution in [0.5, 0.6) is 0 Å². The Morgan fingerprint density at radius 3 is 2.90 bits per heavy atom. The summed E-state index contributed by atoms with van der Waals surface area (Å²) in [5.41, 5.74) is 2.22. The van der Waals surface area contributed by atoms with Crippen LogP contribution in [0.15, 0.2) is 24.3 Å². The zero-order valence-corrected chi connectivity index (χ0v) is 13.0. The third-order valence-corrected chi connectivity index (χ3v) is 4.53. The van der Waals surface area contributed by atoms with Crippen LogP contribution in [0.3, 0.4) is 0 Å². The highest BCUT2D eigenvalue weighted by atomic mass is 16.3. The standard InChI is InChI=1S/C17H26N2O2/c1-3-17(2,11-12-20)19-16(21)18-15-10-6-8-13-7-4-5-9-14(13)15/h4-5,7,9,15,20H,3,6,8,10-12H2,1-2H3,(H2,18,19,21). The highest BCUT2D eigenvalue weighted by Crippen LogP contribution is 2.29.